The van der Waals surface area contributed by atoms with E-state index in [1.807, 2.05) is 25.1 Å². The van der Waals surface area contributed by atoms with Gasteiger partial charge in [-0.2, -0.15) is 0 Å². The Hall–Kier alpha value is -1.98. The van der Waals surface area contributed by atoms with Crippen LogP contribution in [0.2, 0.25) is 0 Å². The van der Waals surface area contributed by atoms with Gasteiger partial charge in [-0.3, -0.25) is 9.20 Å². The van der Waals surface area contributed by atoms with Gasteiger partial charge in [0.25, 0.3) is 5.56 Å². The van der Waals surface area contributed by atoms with Gasteiger partial charge in [-0.15, -0.1) is 11.3 Å². The van der Waals surface area contributed by atoms with E-state index in [-0.39, 0.29) is 5.56 Å². The third-order valence-corrected chi connectivity index (χ3v) is 4.87. The van der Waals surface area contributed by atoms with E-state index in [0.717, 1.165) is 30.1 Å². The summed E-state index contributed by atoms with van der Waals surface area (Å²) in [5, 5.41) is 2.13. The summed E-state index contributed by atoms with van der Waals surface area (Å²) in [6.45, 7) is 5.77. The molecule has 0 spiro atoms. The van der Waals surface area contributed by atoms with Gasteiger partial charge in [0, 0.05) is 11.8 Å². The molecule has 1 atom stereocenters. The molecule has 0 aliphatic heterocycles. The van der Waals surface area contributed by atoms with E-state index in [1.165, 1.54) is 15.3 Å². The van der Waals surface area contributed by atoms with Gasteiger partial charge in [-0.1, -0.05) is 6.07 Å². The minimum absolute atomic E-state index is 0.00166. The van der Waals surface area contributed by atoms with E-state index in [0.29, 0.717) is 0 Å². The fourth-order valence-electron chi connectivity index (χ4n) is 2.69. The predicted octanol–water partition coefficient (Wildman–Crippen LogP) is 1.59. The lowest BCUT2D eigenvalue weighted by molar-refractivity contribution is -0.907. The van der Waals surface area contributed by atoms with Gasteiger partial charge in [0.15, 0.2) is 0 Å². The number of rotatable bonds is 4. The zero-order valence-electron chi connectivity index (χ0n) is 13.1. The molecule has 0 saturated heterocycles. The zero-order chi connectivity index (χ0) is 15.7. The quantitative estimate of drug-likeness (QED) is 0.794. The maximum Gasteiger partial charge on any atom is 0.258 e. The van der Waals surface area contributed by atoms with Gasteiger partial charge in [-0.25, -0.2) is 4.98 Å². The minimum atomic E-state index is -0.00166. The van der Waals surface area contributed by atoms with Crippen molar-refractivity contribution in [1.82, 2.24) is 9.38 Å². The number of quaternary nitrogens is 1. The average Bonchev–Trinajstić information content (AvgIpc) is 2.83. The molecule has 0 radical (unpaired) electrons. The Morgan fingerprint density at radius 1 is 1.23 bits per heavy atom. The summed E-state index contributed by atoms with van der Waals surface area (Å²) in [6.07, 6.45) is 0. The number of aromatic nitrogens is 2. The first-order chi connectivity index (χ1) is 10.5. The third kappa shape index (κ3) is 2.96. The highest BCUT2D eigenvalue weighted by Gasteiger charge is 2.11. The maximum atomic E-state index is 12.3. The van der Waals surface area contributed by atoms with Crippen molar-refractivity contribution in [3.63, 3.8) is 0 Å². The molecular weight excluding hydrogens is 294 g/mol. The molecule has 4 nitrogen and oxygen atoms in total. The lowest BCUT2D eigenvalue weighted by Gasteiger charge is -2.14. The summed E-state index contributed by atoms with van der Waals surface area (Å²) in [5.41, 5.74) is 3.83. The van der Waals surface area contributed by atoms with E-state index in [1.54, 1.807) is 21.8 Å². The Balaban J connectivity index is 1.85. The number of aryl methyl sites for hydroxylation is 2. The van der Waals surface area contributed by atoms with E-state index in [9.17, 15) is 4.79 Å². The fourth-order valence-corrected chi connectivity index (χ4v) is 3.71. The van der Waals surface area contributed by atoms with Crippen LogP contribution in [-0.2, 0) is 13.1 Å². The fraction of sp³-hybridized carbons (Fsp3) is 0.294. The van der Waals surface area contributed by atoms with E-state index >= 15 is 0 Å². The molecule has 0 aliphatic rings. The van der Waals surface area contributed by atoms with Crippen molar-refractivity contribution in [3.05, 3.63) is 67.9 Å². The van der Waals surface area contributed by atoms with Crippen LogP contribution in [0, 0.1) is 13.8 Å². The van der Waals surface area contributed by atoms with Crippen molar-refractivity contribution in [2.45, 2.75) is 26.9 Å². The Morgan fingerprint density at radius 3 is 2.77 bits per heavy atom. The molecule has 1 unspecified atom stereocenters. The van der Waals surface area contributed by atoms with Gasteiger partial charge in [0.1, 0.15) is 24.4 Å². The van der Waals surface area contributed by atoms with Crippen molar-refractivity contribution in [2.75, 3.05) is 7.05 Å². The predicted molar refractivity (Wildman–Crippen MR) is 89.5 cm³/mol. The Kier molecular flexibility index (Phi) is 4.09. The lowest BCUT2D eigenvalue weighted by Crippen LogP contribution is -3.06. The van der Waals surface area contributed by atoms with E-state index < -0.39 is 0 Å². The van der Waals surface area contributed by atoms with Crippen LogP contribution in [0.5, 0.6) is 0 Å². The first kappa shape index (κ1) is 14.9. The van der Waals surface area contributed by atoms with Crippen molar-refractivity contribution >= 4 is 17.0 Å². The number of hydrogen-bond acceptors (Lipinski definition) is 3. The van der Waals surface area contributed by atoms with Crippen LogP contribution < -0.4 is 10.5 Å². The highest BCUT2D eigenvalue weighted by Crippen LogP contribution is 2.13. The van der Waals surface area contributed by atoms with Crippen LogP contribution in [0.25, 0.3) is 5.65 Å². The van der Waals surface area contributed by atoms with E-state index in [4.69, 9.17) is 0 Å². The molecule has 3 aromatic heterocycles. The lowest BCUT2D eigenvalue weighted by atomic mass is 10.2. The maximum absolute atomic E-state index is 12.3. The molecule has 0 aromatic carbocycles. The van der Waals surface area contributed by atoms with Crippen LogP contribution in [0.1, 0.15) is 21.8 Å². The topological polar surface area (TPSA) is 38.8 Å². The average molecular weight is 314 g/mol. The molecule has 0 aliphatic carbocycles. The number of thiophene rings is 1. The monoisotopic (exact) mass is 314 g/mol. The number of nitrogens with one attached hydrogen (secondary N) is 1. The van der Waals surface area contributed by atoms with Gasteiger partial charge >= 0.3 is 0 Å². The van der Waals surface area contributed by atoms with Crippen molar-refractivity contribution < 1.29 is 4.90 Å². The summed E-state index contributed by atoms with van der Waals surface area (Å²) < 4.78 is 1.66. The summed E-state index contributed by atoms with van der Waals surface area (Å²) >= 11 is 1.79. The second kappa shape index (κ2) is 6.02. The molecule has 0 saturated carbocycles. The first-order valence-corrected chi connectivity index (χ1v) is 8.25. The molecule has 22 heavy (non-hydrogen) atoms. The Labute approximate surface area is 133 Å². The molecule has 0 amide bonds. The smallest absolute Gasteiger partial charge is 0.258 e. The number of hydrogen-bond donors (Lipinski definition) is 1. The molecular formula is C17H20N3OS+. The van der Waals surface area contributed by atoms with Crippen LogP contribution in [0.4, 0.5) is 0 Å². The summed E-state index contributed by atoms with van der Waals surface area (Å²) in [5.74, 6) is 0. The van der Waals surface area contributed by atoms with Gasteiger partial charge < -0.3 is 4.90 Å². The standard InChI is InChI=1S/C17H19N3OS/c1-12-7-8-22-15(12)11-19(3)10-14-9-17(21)20-13(2)5-4-6-16(20)18-14/h4-9H,10-11H2,1-3H3/p+1. The van der Waals surface area contributed by atoms with Crippen LogP contribution in [-0.4, -0.2) is 16.4 Å². The zero-order valence-corrected chi connectivity index (χ0v) is 13.9. The highest BCUT2D eigenvalue weighted by atomic mass is 32.1. The molecule has 5 heteroatoms. The molecule has 3 heterocycles. The van der Waals surface area contributed by atoms with Gasteiger partial charge in [0.2, 0.25) is 0 Å². The Morgan fingerprint density at radius 2 is 2.05 bits per heavy atom. The molecule has 0 bridgehead atoms. The van der Waals surface area contributed by atoms with Gasteiger partial charge in [-0.05, 0) is 43.0 Å². The Bertz CT molecular complexity index is 866. The second-order valence-corrected chi connectivity index (χ2v) is 6.78. The molecule has 114 valence electrons. The number of nitrogens with zero attached hydrogens (tertiary/aromatic N) is 2. The molecule has 1 N–H and O–H groups in total. The van der Waals surface area contributed by atoms with Crippen LogP contribution in [0.15, 0.2) is 40.5 Å². The molecule has 0 fully saturated rings. The van der Waals surface area contributed by atoms with Gasteiger partial charge in [0.05, 0.1) is 11.9 Å². The van der Waals surface area contributed by atoms with Crippen molar-refractivity contribution in [3.8, 4) is 0 Å². The largest absolute Gasteiger partial charge is 0.328 e. The second-order valence-electron chi connectivity index (χ2n) is 5.78. The van der Waals surface area contributed by atoms with Crippen molar-refractivity contribution in [1.29, 1.82) is 0 Å². The summed E-state index contributed by atoms with van der Waals surface area (Å²) in [7, 11) is 2.14. The summed E-state index contributed by atoms with van der Waals surface area (Å²) in [6, 6.07) is 9.55. The third-order valence-electron chi connectivity index (χ3n) is 3.85. The summed E-state index contributed by atoms with van der Waals surface area (Å²) in [4.78, 5) is 19.6. The normalized spacial score (nSPS) is 12.7. The minimum Gasteiger partial charge on any atom is -0.328 e. The number of pyridine rings is 1. The SMILES string of the molecule is Cc1ccsc1C[NH+](C)Cc1cc(=O)n2c(C)cccc2n1. The van der Waals surface area contributed by atoms with Crippen LogP contribution >= 0.6 is 11.3 Å². The number of fused-ring (bicyclic) bond motifs is 1. The van der Waals surface area contributed by atoms with Crippen LogP contribution in [0.3, 0.4) is 0 Å². The highest BCUT2D eigenvalue weighted by molar-refractivity contribution is 7.10. The first-order valence-electron chi connectivity index (χ1n) is 7.37. The molecule has 3 aromatic rings. The van der Waals surface area contributed by atoms with E-state index in [2.05, 4.69) is 30.4 Å². The van der Waals surface area contributed by atoms with Crippen molar-refractivity contribution in [2.24, 2.45) is 0 Å². The molecule has 3 rings (SSSR count).